The average molecular weight is 298 g/mol. The Morgan fingerprint density at radius 1 is 1.58 bits per heavy atom. The van der Waals surface area contributed by atoms with Crippen LogP contribution in [0.4, 0.5) is 10.9 Å². The van der Waals surface area contributed by atoms with E-state index in [2.05, 4.69) is 21.9 Å². The number of thiazole rings is 1. The Hall–Kier alpha value is -0.950. The van der Waals surface area contributed by atoms with Crippen molar-refractivity contribution in [3.05, 3.63) is 4.88 Å². The summed E-state index contributed by atoms with van der Waals surface area (Å²) in [6.45, 7) is 0.718. The lowest BCUT2D eigenvalue weighted by molar-refractivity contribution is 0.0957. The van der Waals surface area contributed by atoms with E-state index < -0.39 is 0 Å². The molecular formula is C12H18N4OS2. The zero-order chi connectivity index (χ0) is 13.5. The second kappa shape index (κ2) is 4.86. The molecular weight excluding hydrogens is 280 g/mol. The Balaban J connectivity index is 1.60. The zero-order valence-corrected chi connectivity index (χ0v) is 12.5. The van der Waals surface area contributed by atoms with E-state index in [0.717, 1.165) is 11.7 Å². The normalized spacial score (nSPS) is 20.1. The van der Waals surface area contributed by atoms with Gasteiger partial charge in [0.15, 0.2) is 5.13 Å². The standard InChI is InChI=1S/C12H18N4OS2/c1-18-12(4-5-12)6-14-10(17)8-9(13)16-11(19-8)15-7-2-3-7/h7H,2-6,13H2,1H3,(H,14,17)(H,15,16). The first-order valence-electron chi connectivity index (χ1n) is 6.48. The van der Waals surface area contributed by atoms with Crippen molar-refractivity contribution in [2.24, 2.45) is 0 Å². The third kappa shape index (κ3) is 2.97. The molecule has 2 aliphatic rings. The van der Waals surface area contributed by atoms with Crippen LogP contribution in [-0.4, -0.2) is 34.5 Å². The van der Waals surface area contributed by atoms with Crippen molar-refractivity contribution in [3.63, 3.8) is 0 Å². The van der Waals surface area contributed by atoms with Gasteiger partial charge in [0, 0.05) is 17.3 Å². The first-order valence-corrected chi connectivity index (χ1v) is 8.52. The molecule has 2 fully saturated rings. The summed E-state index contributed by atoms with van der Waals surface area (Å²) < 4.78 is 0.268. The first-order chi connectivity index (χ1) is 9.12. The maximum absolute atomic E-state index is 12.1. The van der Waals surface area contributed by atoms with Crippen molar-refractivity contribution < 1.29 is 4.79 Å². The fraction of sp³-hybridized carbons (Fsp3) is 0.667. The maximum Gasteiger partial charge on any atom is 0.265 e. The molecule has 1 heterocycles. The van der Waals surface area contributed by atoms with Gasteiger partial charge in [0.05, 0.1) is 0 Å². The van der Waals surface area contributed by atoms with Crippen LogP contribution in [0.25, 0.3) is 0 Å². The number of anilines is 2. The lowest BCUT2D eigenvalue weighted by Crippen LogP contribution is -2.31. The molecule has 2 aliphatic carbocycles. The third-order valence-corrected chi connectivity index (χ3v) is 6.00. The quantitative estimate of drug-likeness (QED) is 0.748. The fourth-order valence-electron chi connectivity index (χ4n) is 1.87. The molecule has 3 rings (SSSR count). The van der Waals surface area contributed by atoms with Crippen LogP contribution in [0.15, 0.2) is 0 Å². The highest BCUT2D eigenvalue weighted by Gasteiger charge is 2.42. The van der Waals surface area contributed by atoms with E-state index in [1.807, 2.05) is 11.8 Å². The van der Waals surface area contributed by atoms with E-state index in [1.54, 1.807) is 0 Å². The zero-order valence-electron chi connectivity index (χ0n) is 10.9. The predicted octanol–water partition coefficient (Wildman–Crippen LogP) is 1.92. The monoisotopic (exact) mass is 298 g/mol. The van der Waals surface area contributed by atoms with E-state index in [4.69, 9.17) is 5.73 Å². The summed E-state index contributed by atoms with van der Waals surface area (Å²) in [6.07, 6.45) is 6.81. The highest BCUT2D eigenvalue weighted by Crippen LogP contribution is 2.46. The van der Waals surface area contributed by atoms with Gasteiger partial charge in [-0.25, -0.2) is 4.98 Å². The van der Waals surface area contributed by atoms with Crippen molar-refractivity contribution in [1.29, 1.82) is 0 Å². The van der Waals surface area contributed by atoms with Crippen molar-refractivity contribution in [1.82, 2.24) is 10.3 Å². The molecule has 19 heavy (non-hydrogen) atoms. The number of carbonyl (C=O) groups is 1. The van der Waals surface area contributed by atoms with Gasteiger partial charge in [0.2, 0.25) is 0 Å². The number of hydrogen-bond donors (Lipinski definition) is 3. The highest BCUT2D eigenvalue weighted by atomic mass is 32.2. The Morgan fingerprint density at radius 3 is 2.89 bits per heavy atom. The van der Waals surface area contributed by atoms with Crippen molar-refractivity contribution >= 4 is 40.0 Å². The van der Waals surface area contributed by atoms with Crippen molar-refractivity contribution in [3.8, 4) is 0 Å². The van der Waals surface area contributed by atoms with Crippen molar-refractivity contribution in [2.45, 2.75) is 36.5 Å². The minimum Gasteiger partial charge on any atom is -0.382 e. The third-order valence-electron chi connectivity index (χ3n) is 3.58. The number of rotatable bonds is 6. The molecule has 0 atom stereocenters. The van der Waals surface area contributed by atoms with Crippen LogP contribution >= 0.6 is 23.1 Å². The SMILES string of the molecule is CSC1(CNC(=O)c2sc(NC3CC3)nc2N)CC1. The summed E-state index contributed by atoms with van der Waals surface area (Å²) in [5.74, 6) is 0.235. The molecule has 0 bridgehead atoms. The van der Waals surface area contributed by atoms with Gasteiger partial charge in [0.25, 0.3) is 5.91 Å². The predicted molar refractivity (Wildman–Crippen MR) is 81.0 cm³/mol. The van der Waals surface area contributed by atoms with Crippen LogP contribution in [0.2, 0.25) is 0 Å². The van der Waals surface area contributed by atoms with Gasteiger partial charge in [-0.2, -0.15) is 11.8 Å². The Kier molecular flexibility index (Phi) is 3.34. The number of thioether (sulfide) groups is 1. The van der Waals surface area contributed by atoms with E-state index in [9.17, 15) is 4.79 Å². The van der Waals surface area contributed by atoms with Gasteiger partial charge < -0.3 is 16.4 Å². The summed E-state index contributed by atoms with van der Waals surface area (Å²) >= 11 is 3.18. The molecule has 4 N–H and O–H groups in total. The molecule has 7 heteroatoms. The maximum atomic E-state index is 12.1. The van der Waals surface area contributed by atoms with Crippen LogP contribution in [0.3, 0.4) is 0 Å². The van der Waals surface area contributed by atoms with Gasteiger partial charge in [-0.1, -0.05) is 11.3 Å². The summed E-state index contributed by atoms with van der Waals surface area (Å²) in [4.78, 5) is 16.9. The molecule has 5 nitrogen and oxygen atoms in total. The highest BCUT2D eigenvalue weighted by molar-refractivity contribution is 8.00. The average Bonchev–Trinajstić information content (AvgIpc) is 3.29. The fourth-order valence-corrected chi connectivity index (χ4v) is 3.48. The molecule has 0 unspecified atom stereocenters. The molecule has 0 saturated heterocycles. The summed E-state index contributed by atoms with van der Waals surface area (Å²) in [5, 5.41) is 7.01. The van der Waals surface area contributed by atoms with Crippen molar-refractivity contribution in [2.75, 3.05) is 23.9 Å². The van der Waals surface area contributed by atoms with Crippen LogP contribution in [0.1, 0.15) is 35.4 Å². The number of aromatic nitrogens is 1. The molecule has 1 aromatic heterocycles. The van der Waals surface area contributed by atoms with E-state index in [0.29, 0.717) is 16.7 Å². The number of nitrogens with two attached hydrogens (primary N) is 1. The first kappa shape index (κ1) is 13.1. The van der Waals surface area contributed by atoms with Gasteiger partial charge in [0.1, 0.15) is 10.7 Å². The molecule has 0 aromatic carbocycles. The topological polar surface area (TPSA) is 80.0 Å². The van der Waals surface area contributed by atoms with Gasteiger partial charge >= 0.3 is 0 Å². The van der Waals surface area contributed by atoms with Crippen LogP contribution in [0.5, 0.6) is 0 Å². The van der Waals surface area contributed by atoms with E-state index in [1.165, 1.54) is 37.0 Å². The molecule has 0 spiro atoms. The van der Waals surface area contributed by atoms with Gasteiger partial charge in [-0.05, 0) is 31.9 Å². The second-order valence-corrected chi connectivity index (χ2v) is 7.50. The number of nitrogens with zero attached hydrogens (tertiary/aromatic N) is 1. The summed E-state index contributed by atoms with van der Waals surface area (Å²) in [6, 6.07) is 0.521. The van der Waals surface area contributed by atoms with Crippen LogP contribution in [-0.2, 0) is 0 Å². The minimum atomic E-state index is -0.0980. The largest absolute Gasteiger partial charge is 0.382 e. The van der Waals surface area contributed by atoms with Gasteiger partial charge in [-0.3, -0.25) is 4.79 Å². The molecule has 1 aromatic rings. The Labute approximate surface area is 120 Å². The summed E-state index contributed by atoms with van der Waals surface area (Å²) in [5.41, 5.74) is 5.82. The summed E-state index contributed by atoms with van der Waals surface area (Å²) in [7, 11) is 0. The smallest absolute Gasteiger partial charge is 0.265 e. The minimum absolute atomic E-state index is 0.0980. The number of nitrogens with one attached hydrogen (secondary N) is 2. The van der Waals surface area contributed by atoms with Crippen LogP contribution < -0.4 is 16.4 Å². The lowest BCUT2D eigenvalue weighted by Gasteiger charge is -2.12. The van der Waals surface area contributed by atoms with E-state index in [-0.39, 0.29) is 10.7 Å². The molecule has 2 saturated carbocycles. The van der Waals surface area contributed by atoms with Gasteiger partial charge in [-0.15, -0.1) is 0 Å². The number of nitrogen functional groups attached to an aromatic ring is 1. The number of hydrogen-bond acceptors (Lipinski definition) is 6. The Bertz CT molecular complexity index is 494. The Morgan fingerprint density at radius 2 is 2.32 bits per heavy atom. The number of amides is 1. The molecule has 0 radical (unpaired) electrons. The lowest BCUT2D eigenvalue weighted by atomic mass is 10.4. The molecule has 1 amide bonds. The molecule has 0 aliphatic heterocycles. The number of carbonyl (C=O) groups excluding carboxylic acids is 1. The van der Waals surface area contributed by atoms with E-state index >= 15 is 0 Å². The molecule has 104 valence electrons. The second-order valence-electron chi connectivity index (χ2n) is 5.22. The van der Waals surface area contributed by atoms with Crippen LogP contribution in [0, 0.1) is 0 Å².